The van der Waals surface area contributed by atoms with Crippen molar-refractivity contribution in [2.45, 2.75) is 19.3 Å². The molecule has 0 aromatic carbocycles. The van der Waals surface area contributed by atoms with Crippen molar-refractivity contribution in [3.63, 3.8) is 0 Å². The molecule has 3 rings (SSSR count). The molecule has 4 atom stereocenters. The molecular weight excluding hydrogens is 152 g/mol. The van der Waals surface area contributed by atoms with Crippen molar-refractivity contribution in [1.82, 2.24) is 0 Å². The fourth-order valence-corrected chi connectivity index (χ4v) is 3.26. The Bertz CT molecular complexity index is 315. The van der Waals surface area contributed by atoms with Crippen LogP contribution in [0, 0.1) is 29.1 Å². The monoisotopic (exact) mass is 163 g/mol. The van der Waals surface area contributed by atoms with E-state index in [1.54, 1.807) is 0 Å². The predicted molar refractivity (Wildman–Crippen MR) is 42.5 cm³/mol. The van der Waals surface area contributed by atoms with Crippen molar-refractivity contribution in [3.05, 3.63) is 16.4 Å². The van der Waals surface area contributed by atoms with E-state index in [1.807, 2.05) is 0 Å². The van der Waals surface area contributed by atoms with Gasteiger partial charge in [0.15, 0.2) is 10.7 Å². The van der Waals surface area contributed by atoms with E-state index in [0.29, 0.717) is 29.2 Å². The molecule has 12 heavy (non-hydrogen) atoms. The van der Waals surface area contributed by atoms with Crippen molar-refractivity contribution in [1.29, 1.82) is 5.39 Å². The Hall–Kier alpha value is -1.04. The van der Waals surface area contributed by atoms with Crippen LogP contribution in [0.5, 0.6) is 0 Å². The Kier molecular flexibility index (Phi) is 0.982. The van der Waals surface area contributed by atoms with Crippen LogP contribution in [0.15, 0.2) is 11.5 Å². The quantitative estimate of drug-likeness (QED) is 0.557. The Morgan fingerprint density at radius 1 is 1.25 bits per heavy atom. The topological polar surface area (TPSA) is 48.4 Å². The third-order valence-corrected chi connectivity index (χ3v) is 4.02. The third-order valence-electron chi connectivity index (χ3n) is 4.02. The summed E-state index contributed by atoms with van der Waals surface area (Å²) in [7, 11) is 0. The van der Waals surface area contributed by atoms with Gasteiger partial charge in [-0.3, -0.25) is 0 Å². The van der Waals surface area contributed by atoms with E-state index in [-0.39, 0.29) is 0 Å². The summed E-state index contributed by atoms with van der Waals surface area (Å²) in [6.45, 7) is 0. The number of fused-ring (bicyclic) bond motifs is 4. The summed E-state index contributed by atoms with van der Waals surface area (Å²) in [4.78, 5) is 3.14. The molecule has 0 aromatic rings. The molecule has 3 aliphatic carbocycles. The molecule has 0 amide bonds. The molecule has 3 nitrogen and oxygen atoms in total. The molecule has 0 spiro atoms. The SMILES string of the molecule is N#[N+]C1=C(O)[C@H]2[C@@H]3CC[C@@H]3[C@H]2C1. The molecule has 3 aliphatic rings. The lowest BCUT2D eigenvalue weighted by Gasteiger charge is -2.56. The summed E-state index contributed by atoms with van der Waals surface area (Å²) in [5, 5.41) is 18.2. The number of hydrogen-bond donors (Lipinski definition) is 1. The number of aliphatic hydroxyl groups excluding tert-OH is 1. The minimum Gasteiger partial charge on any atom is -0.505 e. The molecule has 1 N–H and O–H groups in total. The number of nitrogens with zero attached hydrogens (tertiary/aromatic N) is 2. The molecule has 0 aromatic heterocycles. The van der Waals surface area contributed by atoms with Gasteiger partial charge in [0.25, 0.3) is 0 Å². The van der Waals surface area contributed by atoms with Crippen molar-refractivity contribution >= 4 is 0 Å². The maximum absolute atomic E-state index is 9.63. The second kappa shape index (κ2) is 1.82. The van der Waals surface area contributed by atoms with Gasteiger partial charge in [0.2, 0.25) is 5.39 Å². The van der Waals surface area contributed by atoms with Crippen LogP contribution in [-0.2, 0) is 0 Å². The lowest BCUT2D eigenvalue weighted by atomic mass is 9.48. The van der Waals surface area contributed by atoms with E-state index < -0.39 is 0 Å². The highest BCUT2D eigenvalue weighted by molar-refractivity contribution is 5.30. The lowest BCUT2D eigenvalue weighted by molar-refractivity contribution is -0.0845. The molecule has 62 valence electrons. The summed E-state index contributed by atoms with van der Waals surface area (Å²) < 4.78 is 0. The minimum absolute atomic E-state index is 0.356. The first-order valence-corrected chi connectivity index (χ1v) is 4.60. The van der Waals surface area contributed by atoms with Gasteiger partial charge in [0, 0.05) is 5.92 Å². The average molecular weight is 163 g/mol. The van der Waals surface area contributed by atoms with Crippen molar-refractivity contribution in [2.75, 3.05) is 0 Å². The third kappa shape index (κ3) is 0.492. The van der Waals surface area contributed by atoms with Crippen LogP contribution in [0.3, 0.4) is 0 Å². The Morgan fingerprint density at radius 3 is 2.50 bits per heavy atom. The summed E-state index contributed by atoms with van der Waals surface area (Å²) in [5.41, 5.74) is 0.541. The van der Waals surface area contributed by atoms with Gasteiger partial charge in [-0.15, -0.1) is 0 Å². The van der Waals surface area contributed by atoms with Crippen molar-refractivity contribution in [2.24, 2.45) is 23.7 Å². The van der Waals surface area contributed by atoms with Crippen molar-refractivity contribution in [3.8, 4) is 0 Å². The largest absolute Gasteiger partial charge is 0.505 e. The first kappa shape index (κ1) is 6.47. The molecule has 3 heteroatoms. The molecular formula is C9H11N2O+. The average Bonchev–Trinajstić information content (AvgIpc) is 2.28. The fourth-order valence-electron chi connectivity index (χ4n) is 3.26. The molecule has 0 heterocycles. The molecule has 0 saturated heterocycles. The van der Waals surface area contributed by atoms with E-state index >= 15 is 0 Å². The first-order chi connectivity index (χ1) is 5.83. The van der Waals surface area contributed by atoms with Crippen LogP contribution in [0.2, 0.25) is 0 Å². The van der Waals surface area contributed by atoms with Crippen LogP contribution < -0.4 is 0 Å². The predicted octanol–water partition coefficient (Wildman–Crippen LogP) is 2.28. The van der Waals surface area contributed by atoms with Gasteiger partial charge in [-0.1, -0.05) is 0 Å². The smallest absolute Gasteiger partial charge is 0.398 e. The summed E-state index contributed by atoms with van der Waals surface area (Å²) in [6.07, 6.45) is 3.38. The normalized spacial score (nSPS) is 48.6. The van der Waals surface area contributed by atoms with Gasteiger partial charge in [-0.05, 0) is 30.6 Å². The molecule has 2 saturated carbocycles. The molecule has 0 aliphatic heterocycles. The van der Waals surface area contributed by atoms with Crippen LogP contribution in [0.25, 0.3) is 4.98 Å². The molecule has 0 unspecified atom stereocenters. The minimum atomic E-state index is 0.356. The summed E-state index contributed by atoms with van der Waals surface area (Å²) in [6, 6.07) is 0. The van der Waals surface area contributed by atoms with Gasteiger partial charge >= 0.3 is 5.70 Å². The highest BCUT2D eigenvalue weighted by Crippen LogP contribution is 2.65. The standard InChI is InChI=1S/C9H10N2O/c10-11-7-3-6-4-1-2-5(4)8(6)9(7)12/h4-6,8H,1-3H2/p+1/t4-,5+,6+,8-/m0/s1. The zero-order chi connectivity index (χ0) is 8.29. The van der Waals surface area contributed by atoms with Crippen LogP contribution in [-0.4, -0.2) is 5.11 Å². The first-order valence-electron chi connectivity index (χ1n) is 4.60. The van der Waals surface area contributed by atoms with E-state index in [0.717, 1.165) is 12.3 Å². The van der Waals surface area contributed by atoms with Gasteiger partial charge in [-0.2, -0.15) is 0 Å². The summed E-state index contributed by atoms with van der Waals surface area (Å²) in [5.74, 6) is 2.89. The van der Waals surface area contributed by atoms with Gasteiger partial charge in [0.1, 0.15) is 0 Å². The lowest BCUT2D eigenvalue weighted by Crippen LogP contribution is -2.51. The van der Waals surface area contributed by atoms with Gasteiger partial charge < -0.3 is 5.11 Å². The van der Waals surface area contributed by atoms with E-state index in [2.05, 4.69) is 4.98 Å². The van der Waals surface area contributed by atoms with Crippen molar-refractivity contribution < 1.29 is 5.11 Å². The number of hydrogen-bond acceptors (Lipinski definition) is 2. The number of diazo groups is 1. The Balaban J connectivity index is 1.93. The maximum atomic E-state index is 9.63. The zero-order valence-electron chi connectivity index (χ0n) is 6.77. The highest BCUT2D eigenvalue weighted by atomic mass is 16.3. The second-order valence-corrected chi connectivity index (χ2v) is 4.23. The molecule has 0 bridgehead atoms. The van der Waals surface area contributed by atoms with Gasteiger partial charge in [-0.25, -0.2) is 0 Å². The molecule has 0 radical (unpaired) electrons. The Morgan fingerprint density at radius 2 is 2.00 bits per heavy atom. The summed E-state index contributed by atoms with van der Waals surface area (Å²) >= 11 is 0. The number of aliphatic hydroxyl groups is 1. The maximum Gasteiger partial charge on any atom is 0.398 e. The zero-order valence-corrected chi connectivity index (χ0v) is 6.77. The fraction of sp³-hybridized carbons (Fsp3) is 0.778. The van der Waals surface area contributed by atoms with Crippen LogP contribution in [0.4, 0.5) is 0 Å². The number of allylic oxidation sites excluding steroid dienone is 2. The van der Waals surface area contributed by atoms with E-state index in [1.165, 1.54) is 12.8 Å². The second-order valence-electron chi connectivity index (χ2n) is 4.23. The van der Waals surface area contributed by atoms with E-state index in [9.17, 15) is 5.11 Å². The van der Waals surface area contributed by atoms with Crippen LogP contribution >= 0.6 is 0 Å². The van der Waals surface area contributed by atoms with E-state index in [4.69, 9.17) is 5.39 Å². The van der Waals surface area contributed by atoms with Crippen LogP contribution in [0.1, 0.15) is 19.3 Å². The van der Waals surface area contributed by atoms with Gasteiger partial charge in [0.05, 0.1) is 6.42 Å². The molecule has 2 fully saturated rings. The number of rotatable bonds is 0. The highest BCUT2D eigenvalue weighted by Gasteiger charge is 2.63. The Labute approximate surface area is 70.7 Å².